The van der Waals surface area contributed by atoms with Crippen LogP contribution in [0.1, 0.15) is 13.3 Å². The van der Waals surface area contributed by atoms with Gasteiger partial charge in [0.2, 0.25) is 11.8 Å². The number of hydrazine groups is 1. The van der Waals surface area contributed by atoms with E-state index >= 15 is 0 Å². The van der Waals surface area contributed by atoms with Crippen LogP contribution >= 0.6 is 23.5 Å². The van der Waals surface area contributed by atoms with Crippen molar-refractivity contribution >= 4 is 46.5 Å². The number of rotatable bonds is 9. The van der Waals surface area contributed by atoms with Gasteiger partial charge in [-0.1, -0.05) is 11.8 Å². The summed E-state index contributed by atoms with van der Waals surface area (Å²) in [4.78, 5) is 38.0. The molecule has 0 aromatic carbocycles. The Morgan fingerprint density at radius 3 is 2.81 bits per heavy atom. The number of ether oxygens (including phenoxy) is 1. The number of carbonyl (C=O) groups excluding carboxylic acids is 3. The quantitative estimate of drug-likeness (QED) is 0.0789. The molecule has 2 aliphatic rings. The Balaban J connectivity index is 1.85. The zero-order chi connectivity index (χ0) is 20.1. The van der Waals surface area contributed by atoms with Crippen LogP contribution in [-0.2, 0) is 19.1 Å². The summed E-state index contributed by atoms with van der Waals surface area (Å²) < 4.78 is 4.80. The highest BCUT2D eigenvalue weighted by atomic mass is 32.2. The number of methoxy groups -OCH3 is 1. The maximum atomic E-state index is 12.3. The Morgan fingerprint density at radius 2 is 2.22 bits per heavy atom. The summed E-state index contributed by atoms with van der Waals surface area (Å²) in [6.45, 7) is 2.00. The molecule has 12 heteroatoms. The number of β-lactam (4-membered cyclic amide) rings is 1. The average Bonchev–Trinajstić information content (AvgIpc) is 2.92. The number of amides is 2. The minimum atomic E-state index is -0.772. The van der Waals surface area contributed by atoms with Crippen LogP contribution < -0.4 is 16.6 Å². The third-order valence-electron chi connectivity index (χ3n) is 4.16. The lowest BCUT2D eigenvalue weighted by Crippen LogP contribution is -2.61. The van der Waals surface area contributed by atoms with Crippen LogP contribution in [0.5, 0.6) is 0 Å². The second-order valence-electron chi connectivity index (χ2n) is 5.99. The summed E-state index contributed by atoms with van der Waals surface area (Å²) in [5.41, 5.74) is 10.7. The molecule has 0 aliphatic carbocycles. The predicted molar refractivity (Wildman–Crippen MR) is 102 cm³/mol. The molecule has 0 unspecified atom stereocenters. The number of aliphatic hydroxyl groups is 1. The van der Waals surface area contributed by atoms with Crippen LogP contribution in [0.15, 0.2) is 10.6 Å². The van der Waals surface area contributed by atoms with Crippen molar-refractivity contribution in [2.45, 2.75) is 25.5 Å². The van der Waals surface area contributed by atoms with Crippen molar-refractivity contribution < 1.29 is 24.2 Å². The molecule has 0 saturated carbocycles. The molecule has 0 spiro atoms. The SMILES string of the molecule is COC(=O)C1=C(SCCNNC(=O)CSC(=N)N)C[C@@H]2[C@@H]([C@@H](C)O)C(=O)N12. The fourth-order valence-electron chi connectivity index (χ4n) is 3.01. The van der Waals surface area contributed by atoms with Crippen LogP contribution in [-0.4, -0.2) is 70.3 Å². The minimum Gasteiger partial charge on any atom is -0.464 e. The molecule has 2 heterocycles. The van der Waals surface area contributed by atoms with Crippen molar-refractivity contribution in [3.05, 3.63) is 10.6 Å². The Labute approximate surface area is 165 Å². The molecular weight excluding hydrogens is 394 g/mol. The van der Waals surface area contributed by atoms with Crippen molar-refractivity contribution in [2.75, 3.05) is 25.2 Å². The molecule has 150 valence electrons. The van der Waals surface area contributed by atoms with Crippen molar-refractivity contribution in [2.24, 2.45) is 11.7 Å². The van der Waals surface area contributed by atoms with Crippen molar-refractivity contribution in [3.63, 3.8) is 0 Å². The Kier molecular flexibility index (Phi) is 7.53. The summed E-state index contributed by atoms with van der Waals surface area (Å²) in [6.07, 6.45) is -0.273. The standard InChI is InChI=1S/C15H23N5O5S2/c1-7(21)11-8-5-9(12(14(24)25-2)20(8)13(11)23)26-4-3-18-19-10(22)6-27-15(16)17/h7-8,11,18,21H,3-6H2,1-2H3,(H3,16,17)(H,19,22)/t7-,8-,11-/m1/s1. The number of nitrogens with zero attached hydrogens (tertiary/aromatic N) is 1. The monoisotopic (exact) mass is 417 g/mol. The van der Waals surface area contributed by atoms with Gasteiger partial charge < -0.3 is 20.5 Å². The van der Waals surface area contributed by atoms with Gasteiger partial charge in [0.05, 0.1) is 30.9 Å². The summed E-state index contributed by atoms with van der Waals surface area (Å²) >= 11 is 2.33. The Hall–Kier alpha value is -1.76. The summed E-state index contributed by atoms with van der Waals surface area (Å²) in [5, 5.41) is 16.7. The van der Waals surface area contributed by atoms with Gasteiger partial charge in [-0.25, -0.2) is 10.2 Å². The van der Waals surface area contributed by atoms with Crippen molar-refractivity contribution in [1.82, 2.24) is 15.8 Å². The number of esters is 1. The number of thioether (sulfide) groups is 2. The number of nitrogens with two attached hydrogens (primary N) is 1. The zero-order valence-corrected chi connectivity index (χ0v) is 16.6. The van der Waals surface area contributed by atoms with Crippen LogP contribution in [0.25, 0.3) is 0 Å². The van der Waals surface area contributed by atoms with Crippen LogP contribution in [0.3, 0.4) is 0 Å². The molecule has 0 radical (unpaired) electrons. The molecule has 0 aromatic rings. The Morgan fingerprint density at radius 1 is 1.52 bits per heavy atom. The van der Waals surface area contributed by atoms with Gasteiger partial charge in [-0.2, -0.15) is 0 Å². The molecular formula is C15H23N5O5S2. The lowest BCUT2D eigenvalue weighted by Gasteiger charge is -2.44. The van der Waals surface area contributed by atoms with Gasteiger partial charge in [-0.15, -0.1) is 11.8 Å². The van der Waals surface area contributed by atoms with E-state index in [-0.39, 0.29) is 34.5 Å². The maximum Gasteiger partial charge on any atom is 0.355 e. The maximum absolute atomic E-state index is 12.3. The van der Waals surface area contributed by atoms with Crippen LogP contribution in [0.2, 0.25) is 0 Å². The highest BCUT2D eigenvalue weighted by molar-refractivity contribution is 8.14. The third kappa shape index (κ3) is 4.94. The normalized spacial score (nSPS) is 22.2. The predicted octanol–water partition coefficient (Wildman–Crippen LogP) is -1.04. The van der Waals surface area contributed by atoms with E-state index in [1.807, 2.05) is 0 Å². The lowest BCUT2D eigenvalue weighted by atomic mass is 9.83. The smallest absolute Gasteiger partial charge is 0.355 e. The largest absolute Gasteiger partial charge is 0.464 e. The first kappa shape index (κ1) is 21.5. The number of amidine groups is 1. The summed E-state index contributed by atoms with van der Waals surface area (Å²) in [6, 6.07) is -0.217. The van der Waals surface area contributed by atoms with E-state index in [4.69, 9.17) is 15.9 Å². The van der Waals surface area contributed by atoms with E-state index in [1.54, 1.807) is 6.92 Å². The number of aliphatic hydroxyl groups excluding tert-OH is 1. The molecule has 2 rings (SSSR count). The lowest BCUT2D eigenvalue weighted by molar-refractivity contribution is -0.161. The second-order valence-corrected chi connectivity index (χ2v) is 8.19. The zero-order valence-electron chi connectivity index (χ0n) is 15.0. The highest BCUT2D eigenvalue weighted by Crippen LogP contribution is 2.47. The first-order valence-electron chi connectivity index (χ1n) is 8.21. The molecule has 2 amide bonds. The van der Waals surface area contributed by atoms with Gasteiger partial charge in [0.25, 0.3) is 0 Å². The molecule has 10 nitrogen and oxygen atoms in total. The molecule has 27 heavy (non-hydrogen) atoms. The molecule has 0 bridgehead atoms. The van der Waals surface area contributed by atoms with E-state index in [0.29, 0.717) is 18.7 Å². The fourth-order valence-corrected chi connectivity index (χ4v) is 4.43. The van der Waals surface area contributed by atoms with E-state index in [0.717, 1.165) is 16.7 Å². The van der Waals surface area contributed by atoms with Gasteiger partial charge in [-0.3, -0.25) is 20.4 Å². The molecule has 3 atom stereocenters. The number of fused-ring (bicyclic) bond motifs is 1. The van der Waals surface area contributed by atoms with E-state index in [2.05, 4.69) is 10.9 Å². The summed E-state index contributed by atoms with van der Waals surface area (Å²) in [7, 11) is 1.26. The molecule has 0 aromatic heterocycles. The molecule has 1 saturated heterocycles. The van der Waals surface area contributed by atoms with E-state index in [1.165, 1.54) is 23.8 Å². The number of nitrogens with one attached hydrogen (secondary N) is 3. The van der Waals surface area contributed by atoms with Crippen LogP contribution in [0, 0.1) is 11.3 Å². The second kappa shape index (κ2) is 9.44. The fraction of sp³-hybridized carbons (Fsp3) is 0.600. The molecule has 1 fully saturated rings. The number of hydrogen-bond acceptors (Lipinski definition) is 9. The minimum absolute atomic E-state index is 0.0482. The van der Waals surface area contributed by atoms with Gasteiger partial charge in [0.1, 0.15) is 5.70 Å². The van der Waals surface area contributed by atoms with Crippen molar-refractivity contribution in [1.29, 1.82) is 5.41 Å². The average molecular weight is 418 g/mol. The first-order valence-corrected chi connectivity index (χ1v) is 10.2. The first-order chi connectivity index (χ1) is 12.8. The Bertz CT molecular complexity index is 669. The molecule has 2 aliphatic heterocycles. The number of carbonyl (C=O) groups is 3. The van der Waals surface area contributed by atoms with Crippen molar-refractivity contribution in [3.8, 4) is 0 Å². The molecule has 6 N–H and O–H groups in total. The van der Waals surface area contributed by atoms with Gasteiger partial charge in [-0.05, 0) is 6.92 Å². The van der Waals surface area contributed by atoms with Crippen LogP contribution in [0.4, 0.5) is 0 Å². The van der Waals surface area contributed by atoms with Gasteiger partial charge in [0, 0.05) is 23.6 Å². The van der Waals surface area contributed by atoms with Gasteiger partial charge in [0.15, 0.2) is 5.17 Å². The topological polar surface area (TPSA) is 158 Å². The summed E-state index contributed by atoms with van der Waals surface area (Å²) in [5.74, 6) is -1.04. The third-order valence-corrected chi connectivity index (χ3v) is 5.99. The van der Waals surface area contributed by atoms with E-state index in [9.17, 15) is 19.5 Å². The van der Waals surface area contributed by atoms with Gasteiger partial charge >= 0.3 is 5.97 Å². The van der Waals surface area contributed by atoms with E-state index < -0.39 is 18.0 Å². The number of hydrogen-bond donors (Lipinski definition) is 5. The highest BCUT2D eigenvalue weighted by Gasteiger charge is 2.56.